The predicted octanol–water partition coefficient (Wildman–Crippen LogP) is 2.80. The van der Waals surface area contributed by atoms with E-state index in [4.69, 9.17) is 14.2 Å². The van der Waals surface area contributed by atoms with Gasteiger partial charge in [0.2, 0.25) is 5.91 Å². The maximum Gasteiger partial charge on any atom is 0.223 e. The van der Waals surface area contributed by atoms with Crippen LogP contribution in [0.15, 0.2) is 48.5 Å². The van der Waals surface area contributed by atoms with Gasteiger partial charge < -0.3 is 19.5 Å². The van der Waals surface area contributed by atoms with Crippen molar-refractivity contribution < 1.29 is 23.4 Å². The fourth-order valence-electron chi connectivity index (χ4n) is 1.93. The number of benzene rings is 2. The van der Waals surface area contributed by atoms with Crippen LogP contribution in [-0.2, 0) is 4.79 Å². The summed E-state index contributed by atoms with van der Waals surface area (Å²) in [6, 6.07) is 12.9. The Hall–Kier alpha value is -2.76. The quantitative estimate of drug-likeness (QED) is 0.717. The highest BCUT2D eigenvalue weighted by Crippen LogP contribution is 2.18. The summed E-state index contributed by atoms with van der Waals surface area (Å²) in [7, 11) is 1.59. The summed E-state index contributed by atoms with van der Waals surface area (Å²) in [5.74, 6) is 1.48. The highest BCUT2D eigenvalue weighted by molar-refractivity contribution is 5.75. The smallest absolute Gasteiger partial charge is 0.223 e. The molecule has 0 aliphatic heterocycles. The number of methoxy groups -OCH3 is 1. The van der Waals surface area contributed by atoms with Gasteiger partial charge >= 0.3 is 0 Å². The number of rotatable bonds is 9. The first kappa shape index (κ1) is 17.6. The van der Waals surface area contributed by atoms with Crippen LogP contribution in [0.1, 0.15) is 6.42 Å². The number of carbonyl (C=O) groups excluding carboxylic acids is 1. The number of carbonyl (C=O) groups is 1. The molecular weight excluding hydrogens is 313 g/mol. The van der Waals surface area contributed by atoms with Crippen molar-refractivity contribution in [2.75, 3.05) is 26.9 Å². The standard InChI is InChI=1S/C18H20FNO4/c1-22-16-3-2-4-17(13-16)24-12-10-20-18(21)9-11-23-15-7-5-14(19)6-8-15/h2-8,13H,9-12H2,1H3,(H,20,21). The van der Waals surface area contributed by atoms with E-state index in [-0.39, 0.29) is 24.8 Å². The van der Waals surface area contributed by atoms with Gasteiger partial charge in [0, 0.05) is 6.07 Å². The summed E-state index contributed by atoms with van der Waals surface area (Å²) in [6.45, 7) is 0.985. The molecule has 0 aromatic heterocycles. The lowest BCUT2D eigenvalue weighted by atomic mass is 10.3. The second-order valence-corrected chi connectivity index (χ2v) is 4.93. The van der Waals surface area contributed by atoms with Crippen LogP contribution < -0.4 is 19.5 Å². The minimum absolute atomic E-state index is 0.133. The monoisotopic (exact) mass is 333 g/mol. The van der Waals surface area contributed by atoms with Crippen molar-refractivity contribution >= 4 is 5.91 Å². The van der Waals surface area contributed by atoms with Crippen molar-refractivity contribution in [3.63, 3.8) is 0 Å². The molecular formula is C18H20FNO4. The van der Waals surface area contributed by atoms with Crippen LogP contribution >= 0.6 is 0 Å². The first-order chi connectivity index (χ1) is 11.7. The molecule has 0 bridgehead atoms. The summed E-state index contributed by atoms with van der Waals surface area (Å²) in [4.78, 5) is 11.7. The Balaban J connectivity index is 1.58. The van der Waals surface area contributed by atoms with Crippen LogP contribution in [0, 0.1) is 5.82 Å². The molecule has 0 atom stereocenters. The van der Waals surface area contributed by atoms with Crippen LogP contribution in [0.25, 0.3) is 0 Å². The molecule has 2 aromatic rings. The van der Waals surface area contributed by atoms with Crippen molar-refractivity contribution in [3.8, 4) is 17.2 Å². The number of amides is 1. The van der Waals surface area contributed by atoms with Gasteiger partial charge in [-0.05, 0) is 36.4 Å². The van der Waals surface area contributed by atoms with Crippen molar-refractivity contribution in [2.24, 2.45) is 0 Å². The minimum atomic E-state index is -0.323. The van der Waals surface area contributed by atoms with E-state index < -0.39 is 0 Å². The van der Waals surface area contributed by atoms with Gasteiger partial charge in [-0.3, -0.25) is 4.79 Å². The van der Waals surface area contributed by atoms with Gasteiger partial charge in [-0.15, -0.1) is 0 Å². The van der Waals surface area contributed by atoms with Crippen LogP contribution in [0.5, 0.6) is 17.2 Å². The van der Waals surface area contributed by atoms with Gasteiger partial charge in [0.05, 0.1) is 26.7 Å². The zero-order valence-corrected chi connectivity index (χ0v) is 13.5. The van der Waals surface area contributed by atoms with Crippen molar-refractivity contribution in [3.05, 3.63) is 54.3 Å². The predicted molar refractivity (Wildman–Crippen MR) is 88.0 cm³/mol. The summed E-state index contributed by atoms with van der Waals surface area (Å²) in [6.07, 6.45) is 0.219. The highest BCUT2D eigenvalue weighted by atomic mass is 19.1. The molecule has 0 aliphatic rings. The van der Waals surface area contributed by atoms with E-state index >= 15 is 0 Å². The van der Waals surface area contributed by atoms with E-state index in [2.05, 4.69) is 5.32 Å². The third kappa shape index (κ3) is 6.16. The first-order valence-electron chi connectivity index (χ1n) is 7.59. The molecule has 0 radical (unpaired) electrons. The molecule has 0 aliphatic carbocycles. The summed E-state index contributed by atoms with van der Waals surface area (Å²) < 4.78 is 28.7. The highest BCUT2D eigenvalue weighted by Gasteiger charge is 2.02. The molecule has 2 aromatic carbocycles. The summed E-state index contributed by atoms with van der Waals surface area (Å²) in [5.41, 5.74) is 0. The van der Waals surface area contributed by atoms with Gasteiger partial charge in [0.1, 0.15) is 29.7 Å². The average Bonchev–Trinajstić information content (AvgIpc) is 2.61. The van der Waals surface area contributed by atoms with E-state index in [1.807, 2.05) is 18.2 Å². The second-order valence-electron chi connectivity index (χ2n) is 4.93. The summed E-state index contributed by atoms with van der Waals surface area (Å²) in [5, 5.41) is 2.74. The van der Waals surface area contributed by atoms with E-state index in [0.717, 1.165) is 5.75 Å². The van der Waals surface area contributed by atoms with Crippen LogP contribution in [0.4, 0.5) is 4.39 Å². The zero-order chi connectivity index (χ0) is 17.2. The number of ether oxygens (including phenoxy) is 3. The third-order valence-corrected chi connectivity index (χ3v) is 3.15. The molecule has 0 unspecified atom stereocenters. The molecule has 5 nitrogen and oxygen atoms in total. The Morgan fingerprint density at radius 2 is 1.71 bits per heavy atom. The maximum absolute atomic E-state index is 12.7. The normalized spacial score (nSPS) is 10.1. The number of hydrogen-bond acceptors (Lipinski definition) is 4. The number of halogens is 1. The Bertz CT molecular complexity index is 646. The topological polar surface area (TPSA) is 56.8 Å². The molecule has 0 heterocycles. The number of hydrogen-bond donors (Lipinski definition) is 1. The Kier molecular flexibility index (Phi) is 6.89. The van der Waals surface area contributed by atoms with Gasteiger partial charge in [-0.2, -0.15) is 0 Å². The molecule has 0 saturated carbocycles. The molecule has 0 spiro atoms. The van der Waals surface area contributed by atoms with Gasteiger partial charge in [-0.1, -0.05) is 6.07 Å². The average molecular weight is 333 g/mol. The van der Waals surface area contributed by atoms with Crippen LogP contribution in [0.3, 0.4) is 0 Å². The van der Waals surface area contributed by atoms with Crippen LogP contribution in [-0.4, -0.2) is 32.8 Å². The van der Waals surface area contributed by atoms with Gasteiger partial charge in [0.15, 0.2) is 0 Å². The fraction of sp³-hybridized carbons (Fsp3) is 0.278. The van der Waals surface area contributed by atoms with Crippen LogP contribution in [0.2, 0.25) is 0 Å². The molecule has 0 saturated heterocycles. The Morgan fingerprint density at radius 1 is 1.00 bits per heavy atom. The van der Waals surface area contributed by atoms with Crippen molar-refractivity contribution in [2.45, 2.75) is 6.42 Å². The lowest BCUT2D eigenvalue weighted by Crippen LogP contribution is -2.29. The molecule has 1 amide bonds. The molecule has 0 fully saturated rings. The number of nitrogens with one attached hydrogen (secondary N) is 1. The lowest BCUT2D eigenvalue weighted by Gasteiger charge is -2.09. The molecule has 6 heteroatoms. The van der Waals surface area contributed by atoms with Gasteiger partial charge in [0.25, 0.3) is 0 Å². The first-order valence-corrected chi connectivity index (χ1v) is 7.59. The molecule has 24 heavy (non-hydrogen) atoms. The Labute approximate surface area is 140 Å². The largest absolute Gasteiger partial charge is 0.497 e. The van der Waals surface area contributed by atoms with E-state index in [9.17, 15) is 9.18 Å². The maximum atomic E-state index is 12.7. The minimum Gasteiger partial charge on any atom is -0.497 e. The van der Waals surface area contributed by atoms with E-state index in [0.29, 0.717) is 24.7 Å². The molecule has 128 valence electrons. The fourth-order valence-corrected chi connectivity index (χ4v) is 1.93. The Morgan fingerprint density at radius 3 is 2.46 bits per heavy atom. The molecule has 2 rings (SSSR count). The summed E-state index contributed by atoms with van der Waals surface area (Å²) >= 11 is 0. The second kappa shape index (κ2) is 9.39. The van der Waals surface area contributed by atoms with Crippen molar-refractivity contribution in [1.29, 1.82) is 0 Å². The third-order valence-electron chi connectivity index (χ3n) is 3.15. The lowest BCUT2D eigenvalue weighted by molar-refractivity contribution is -0.121. The van der Waals surface area contributed by atoms with E-state index in [1.165, 1.54) is 24.3 Å². The van der Waals surface area contributed by atoms with E-state index in [1.54, 1.807) is 13.2 Å². The molecule has 1 N–H and O–H groups in total. The van der Waals surface area contributed by atoms with Crippen molar-refractivity contribution in [1.82, 2.24) is 5.32 Å². The zero-order valence-electron chi connectivity index (χ0n) is 13.5. The SMILES string of the molecule is COc1cccc(OCCNC(=O)CCOc2ccc(F)cc2)c1. The van der Waals surface area contributed by atoms with Gasteiger partial charge in [-0.25, -0.2) is 4.39 Å².